The zero-order valence-corrected chi connectivity index (χ0v) is 19.7. The second-order valence-electron chi connectivity index (χ2n) is 7.87. The molecule has 1 aromatic rings. The van der Waals surface area contributed by atoms with Gasteiger partial charge in [-0.3, -0.25) is 0 Å². The number of para-hydroxylation sites is 1. The van der Waals surface area contributed by atoms with Crippen molar-refractivity contribution >= 4 is 17.4 Å². The molecule has 0 atom stereocenters. The molecule has 0 bridgehead atoms. The van der Waals surface area contributed by atoms with Gasteiger partial charge in [0, 0.05) is 13.1 Å². The smallest absolute Gasteiger partial charge is 0.0991 e. The number of unbranched alkanes of at least 4 members (excludes halogenated alkanes) is 2. The van der Waals surface area contributed by atoms with Crippen LogP contribution in [0.25, 0.3) is 0 Å². The predicted octanol–water partition coefficient (Wildman–Crippen LogP) is 6.38. The molecule has 0 unspecified atom stereocenters. The lowest BCUT2D eigenvalue weighted by atomic mass is 10.1. The van der Waals surface area contributed by atoms with Crippen molar-refractivity contribution in [3.05, 3.63) is 52.2 Å². The monoisotopic (exact) mass is 396 g/mol. The third-order valence-electron chi connectivity index (χ3n) is 4.89. The molecule has 4 heteroatoms. The third-order valence-corrected chi connectivity index (χ3v) is 4.89. The highest BCUT2D eigenvalue weighted by molar-refractivity contribution is 5.83. The molecule has 4 nitrogen and oxygen atoms in total. The number of hydrogen-bond donors (Lipinski definition) is 2. The first-order valence-electron chi connectivity index (χ1n) is 10.7. The Morgan fingerprint density at radius 1 is 0.862 bits per heavy atom. The summed E-state index contributed by atoms with van der Waals surface area (Å²) in [5.74, 6) is 1.97. The van der Waals surface area contributed by atoms with E-state index in [2.05, 4.69) is 76.5 Å². The summed E-state index contributed by atoms with van der Waals surface area (Å²) >= 11 is 0. The van der Waals surface area contributed by atoms with Gasteiger partial charge in [-0.25, -0.2) is 9.98 Å². The van der Waals surface area contributed by atoms with Crippen molar-refractivity contribution in [1.82, 2.24) is 10.6 Å². The van der Waals surface area contributed by atoms with Crippen molar-refractivity contribution in [2.75, 3.05) is 13.1 Å². The lowest BCUT2D eigenvalue weighted by molar-refractivity contribution is 0.651. The maximum atomic E-state index is 4.75. The normalized spacial score (nSPS) is 12.8. The van der Waals surface area contributed by atoms with Crippen LogP contribution < -0.4 is 10.6 Å². The summed E-state index contributed by atoms with van der Waals surface area (Å²) in [6.07, 6.45) is 5.55. The van der Waals surface area contributed by atoms with Crippen LogP contribution in [0.2, 0.25) is 0 Å². The first-order valence-corrected chi connectivity index (χ1v) is 10.7. The fourth-order valence-electron chi connectivity index (χ4n) is 3.09. The molecule has 0 aliphatic rings. The number of amidine groups is 2. The summed E-state index contributed by atoms with van der Waals surface area (Å²) < 4.78 is 0. The summed E-state index contributed by atoms with van der Waals surface area (Å²) in [6, 6.07) is 6.30. The van der Waals surface area contributed by atoms with Crippen LogP contribution in [0.3, 0.4) is 0 Å². The summed E-state index contributed by atoms with van der Waals surface area (Å²) in [7, 11) is 0. The van der Waals surface area contributed by atoms with Gasteiger partial charge >= 0.3 is 0 Å². The molecule has 0 fully saturated rings. The van der Waals surface area contributed by atoms with E-state index in [1.54, 1.807) is 0 Å². The van der Waals surface area contributed by atoms with Gasteiger partial charge in [-0.15, -0.1) is 0 Å². The van der Waals surface area contributed by atoms with Gasteiger partial charge in [0.2, 0.25) is 0 Å². The molecule has 1 aromatic carbocycles. The van der Waals surface area contributed by atoms with E-state index in [0.29, 0.717) is 0 Å². The van der Waals surface area contributed by atoms with Crippen LogP contribution in [0.15, 0.2) is 51.1 Å². The van der Waals surface area contributed by atoms with Gasteiger partial charge in [-0.05, 0) is 91.4 Å². The molecular weight excluding hydrogens is 356 g/mol. The second kappa shape index (κ2) is 13.0. The van der Waals surface area contributed by atoms with E-state index in [1.807, 2.05) is 13.8 Å². The molecule has 0 aliphatic carbocycles. The van der Waals surface area contributed by atoms with Crippen molar-refractivity contribution in [3.63, 3.8) is 0 Å². The molecule has 0 aromatic heterocycles. The minimum absolute atomic E-state index is 0.954. The van der Waals surface area contributed by atoms with E-state index in [1.165, 1.54) is 28.7 Å². The Hall–Kier alpha value is -2.36. The van der Waals surface area contributed by atoms with Gasteiger partial charge in [0.05, 0.1) is 23.1 Å². The average molecular weight is 397 g/mol. The highest BCUT2D eigenvalue weighted by Gasteiger charge is 2.02. The van der Waals surface area contributed by atoms with Crippen molar-refractivity contribution in [2.45, 2.75) is 74.7 Å². The van der Waals surface area contributed by atoms with Gasteiger partial charge in [0.25, 0.3) is 0 Å². The second-order valence-corrected chi connectivity index (χ2v) is 7.87. The fourth-order valence-corrected chi connectivity index (χ4v) is 3.09. The number of aliphatic imine (C=N–C) groups is 2. The predicted molar refractivity (Wildman–Crippen MR) is 129 cm³/mol. The maximum Gasteiger partial charge on any atom is 0.0991 e. The van der Waals surface area contributed by atoms with Gasteiger partial charge in [0.1, 0.15) is 0 Å². The Balaban J connectivity index is 2.33. The average Bonchev–Trinajstić information content (AvgIpc) is 2.67. The number of nitrogens with one attached hydrogen (secondary N) is 2. The highest BCUT2D eigenvalue weighted by atomic mass is 15.0. The van der Waals surface area contributed by atoms with Gasteiger partial charge in [-0.1, -0.05) is 29.8 Å². The van der Waals surface area contributed by atoms with Gasteiger partial charge < -0.3 is 10.6 Å². The molecule has 29 heavy (non-hydrogen) atoms. The number of benzene rings is 1. The maximum absolute atomic E-state index is 4.75. The van der Waals surface area contributed by atoms with E-state index in [0.717, 1.165) is 49.0 Å². The molecule has 0 amide bonds. The molecule has 0 spiro atoms. The zero-order valence-electron chi connectivity index (χ0n) is 19.7. The van der Waals surface area contributed by atoms with E-state index in [9.17, 15) is 0 Å². The minimum Gasteiger partial charge on any atom is -0.374 e. The first-order chi connectivity index (χ1) is 13.8. The summed E-state index contributed by atoms with van der Waals surface area (Å²) in [5.41, 5.74) is 7.06. The van der Waals surface area contributed by atoms with Gasteiger partial charge in [-0.2, -0.15) is 0 Å². The fraction of sp³-hybridized carbons (Fsp3) is 0.520. The van der Waals surface area contributed by atoms with Crippen LogP contribution in [0.5, 0.6) is 0 Å². The number of aryl methyl sites for hydroxylation is 2. The highest BCUT2D eigenvalue weighted by Crippen LogP contribution is 2.22. The van der Waals surface area contributed by atoms with E-state index in [-0.39, 0.29) is 0 Å². The molecule has 0 heterocycles. The van der Waals surface area contributed by atoms with Crippen molar-refractivity contribution in [2.24, 2.45) is 9.98 Å². The molecule has 0 saturated heterocycles. The van der Waals surface area contributed by atoms with Crippen molar-refractivity contribution < 1.29 is 0 Å². The molecular formula is C25H40N4. The Morgan fingerprint density at radius 2 is 1.41 bits per heavy atom. The van der Waals surface area contributed by atoms with Gasteiger partial charge in [0.15, 0.2) is 0 Å². The Bertz CT molecular complexity index is 758. The van der Waals surface area contributed by atoms with Crippen molar-refractivity contribution in [1.29, 1.82) is 0 Å². The minimum atomic E-state index is 0.954. The van der Waals surface area contributed by atoms with Crippen LogP contribution in [-0.4, -0.2) is 24.8 Å². The summed E-state index contributed by atoms with van der Waals surface area (Å²) in [5, 5.41) is 6.87. The van der Waals surface area contributed by atoms with E-state index >= 15 is 0 Å². The first kappa shape index (κ1) is 24.7. The molecule has 0 radical (unpaired) electrons. The van der Waals surface area contributed by atoms with Crippen LogP contribution in [0.1, 0.15) is 71.9 Å². The quantitative estimate of drug-likeness (QED) is 0.220. The Kier molecular flexibility index (Phi) is 11.0. The van der Waals surface area contributed by atoms with Crippen LogP contribution in [-0.2, 0) is 0 Å². The lowest BCUT2D eigenvalue weighted by Gasteiger charge is -2.10. The van der Waals surface area contributed by atoms with Crippen molar-refractivity contribution in [3.8, 4) is 0 Å². The van der Waals surface area contributed by atoms with Crippen LogP contribution in [0.4, 0.5) is 5.69 Å². The van der Waals surface area contributed by atoms with Crippen LogP contribution in [0, 0.1) is 13.8 Å². The zero-order chi connectivity index (χ0) is 21.8. The summed E-state index contributed by atoms with van der Waals surface area (Å²) in [6.45, 7) is 18.6. The number of hydrogen-bond acceptors (Lipinski definition) is 2. The molecule has 0 saturated carbocycles. The Morgan fingerprint density at radius 3 is 1.93 bits per heavy atom. The number of nitrogens with zero attached hydrogens (tertiary/aromatic N) is 2. The Labute approximate surface area is 178 Å². The SMILES string of the molecule is C/C=C(/C)C(/N=C(\C)NCCCCCN/C(C)=N/c1c(C)cccc1C)=C(C)C. The molecule has 160 valence electrons. The topological polar surface area (TPSA) is 48.8 Å². The number of rotatable bonds is 9. The lowest BCUT2D eigenvalue weighted by Crippen LogP contribution is -2.23. The standard InChI is InChI=1S/C25H40N4/c1-9-19(4)24(18(2)3)28-22(7)26-16-11-10-12-17-27-23(8)29-25-20(5)14-13-15-21(25)6/h9,13-15H,10-12,16-17H2,1-8H3,(H,26,28)(H,27,29)/b19-9-. The van der Waals surface area contributed by atoms with Crippen LogP contribution >= 0.6 is 0 Å². The summed E-state index contributed by atoms with van der Waals surface area (Å²) in [4.78, 5) is 9.49. The number of allylic oxidation sites excluding steroid dienone is 3. The molecule has 2 N–H and O–H groups in total. The van der Waals surface area contributed by atoms with E-state index < -0.39 is 0 Å². The van der Waals surface area contributed by atoms with E-state index in [4.69, 9.17) is 9.98 Å². The molecule has 0 aliphatic heterocycles. The third kappa shape index (κ3) is 9.12. The molecule has 1 rings (SSSR count). The largest absolute Gasteiger partial charge is 0.374 e.